The Morgan fingerprint density at radius 1 is 1.14 bits per heavy atom. The third kappa shape index (κ3) is 7.12. The van der Waals surface area contributed by atoms with Crippen LogP contribution < -0.4 is 19.9 Å². The zero-order valence-electron chi connectivity index (χ0n) is 24.0. The van der Waals surface area contributed by atoms with Crippen LogP contribution in [0.4, 0.5) is 24.5 Å². The van der Waals surface area contributed by atoms with Crippen molar-refractivity contribution in [2.45, 2.75) is 58.3 Å². The number of carbonyl (C=O) groups excluding carboxylic acids is 1. The van der Waals surface area contributed by atoms with Crippen molar-refractivity contribution in [3.8, 4) is 11.8 Å². The summed E-state index contributed by atoms with van der Waals surface area (Å²) in [7, 11) is 0. The molecule has 2 aromatic carbocycles. The first-order valence-corrected chi connectivity index (χ1v) is 13.8. The van der Waals surface area contributed by atoms with E-state index in [-0.39, 0.29) is 35.6 Å². The van der Waals surface area contributed by atoms with Gasteiger partial charge in [-0.25, -0.2) is 0 Å². The molecule has 2 aliphatic heterocycles. The van der Waals surface area contributed by atoms with Crippen molar-refractivity contribution in [2.24, 2.45) is 0 Å². The van der Waals surface area contributed by atoms with Gasteiger partial charge in [0.15, 0.2) is 5.11 Å². The number of amides is 1. The Kier molecular flexibility index (Phi) is 12.1. The maximum Gasteiger partial charge on any atom is 0.417 e. The van der Waals surface area contributed by atoms with E-state index in [0.717, 1.165) is 60.9 Å². The number of hydrogen-bond acceptors (Lipinski definition) is 6. The van der Waals surface area contributed by atoms with E-state index in [0.29, 0.717) is 24.8 Å². The van der Waals surface area contributed by atoms with Crippen molar-refractivity contribution in [2.75, 3.05) is 42.6 Å². The predicted octanol–water partition coefficient (Wildman–Crippen LogP) is 5.96. The number of rotatable bonds is 8. The number of nitriles is 1. The lowest BCUT2D eigenvalue weighted by molar-refractivity contribution is -0.137. The number of piperazine rings is 1. The molecule has 0 aromatic heterocycles. The number of nitrogens with zero attached hydrogens (tertiary/aromatic N) is 4. The van der Waals surface area contributed by atoms with Gasteiger partial charge in [0.1, 0.15) is 17.9 Å². The first kappa shape index (κ1) is 35.6. The van der Waals surface area contributed by atoms with Gasteiger partial charge >= 0.3 is 6.18 Å². The molecule has 230 valence electrons. The Labute approximate surface area is 262 Å². The molecule has 0 spiro atoms. The number of nitrogens with one attached hydrogen (secondary N) is 1. The standard InChI is InChI=1S/C29H34F3N5O2S.2ClH/c1-5-19-15-23(9-10-25(19)39-14-13-35-12-11-34-21(6-2)18-35)37-27(40)36(26(38)28(37,3)4)22-8-7-20(17-33)24(16-22)29(30,31)32;;/h7-10,15-16,21,34H,5-6,11-14,18H2,1-4H3;2*1H/t21-;;/m1../s1. The Morgan fingerprint density at radius 2 is 1.83 bits per heavy atom. The van der Waals surface area contributed by atoms with Crippen LogP contribution in [0.1, 0.15) is 50.8 Å². The van der Waals surface area contributed by atoms with Crippen molar-refractivity contribution in [1.82, 2.24) is 10.2 Å². The smallest absolute Gasteiger partial charge is 0.417 e. The molecule has 1 N–H and O–H groups in total. The second kappa shape index (κ2) is 14.2. The van der Waals surface area contributed by atoms with Gasteiger partial charge in [-0.3, -0.25) is 14.6 Å². The van der Waals surface area contributed by atoms with Crippen LogP contribution in [0.25, 0.3) is 0 Å². The molecule has 0 bridgehead atoms. The molecular formula is C29H36Cl2F3N5O2S. The Balaban J connectivity index is 0.00000308. The number of halogens is 5. The van der Waals surface area contributed by atoms with Crippen LogP contribution in [0, 0.1) is 11.3 Å². The first-order valence-electron chi connectivity index (χ1n) is 13.4. The summed E-state index contributed by atoms with van der Waals surface area (Å²) in [6, 6.07) is 10.8. The minimum absolute atomic E-state index is 0. The Bertz CT molecular complexity index is 1340. The highest BCUT2D eigenvalue weighted by Crippen LogP contribution is 2.40. The topological polar surface area (TPSA) is 71.8 Å². The second-order valence-corrected chi connectivity index (χ2v) is 10.9. The van der Waals surface area contributed by atoms with E-state index < -0.39 is 28.7 Å². The molecule has 2 aromatic rings. The van der Waals surface area contributed by atoms with Crippen LogP contribution >= 0.6 is 37.0 Å². The van der Waals surface area contributed by atoms with Crippen molar-refractivity contribution in [3.63, 3.8) is 0 Å². The maximum atomic E-state index is 13.6. The van der Waals surface area contributed by atoms with Crippen LogP contribution in [0.3, 0.4) is 0 Å². The van der Waals surface area contributed by atoms with E-state index in [2.05, 4.69) is 17.1 Å². The molecule has 2 heterocycles. The summed E-state index contributed by atoms with van der Waals surface area (Å²) < 4.78 is 47.0. The molecule has 13 heteroatoms. The molecule has 0 radical (unpaired) electrons. The molecule has 0 saturated carbocycles. The molecule has 2 fully saturated rings. The molecule has 2 saturated heterocycles. The van der Waals surface area contributed by atoms with Crippen molar-refractivity contribution in [1.29, 1.82) is 5.26 Å². The third-order valence-corrected chi connectivity index (χ3v) is 7.90. The Morgan fingerprint density at radius 3 is 2.45 bits per heavy atom. The maximum absolute atomic E-state index is 13.6. The van der Waals surface area contributed by atoms with Gasteiger partial charge in [-0.05, 0) is 80.9 Å². The molecule has 2 aliphatic rings. The van der Waals surface area contributed by atoms with Gasteiger partial charge in [0.2, 0.25) is 0 Å². The molecule has 7 nitrogen and oxygen atoms in total. The summed E-state index contributed by atoms with van der Waals surface area (Å²) in [5.41, 5.74) is -1.24. The molecule has 1 atom stereocenters. The van der Waals surface area contributed by atoms with E-state index in [4.69, 9.17) is 22.2 Å². The summed E-state index contributed by atoms with van der Waals surface area (Å²) in [6.07, 6.45) is -2.99. The second-order valence-electron chi connectivity index (χ2n) is 10.5. The zero-order chi connectivity index (χ0) is 29.2. The molecular weight excluding hydrogens is 610 g/mol. The van der Waals surface area contributed by atoms with Gasteiger partial charge in [0.25, 0.3) is 5.91 Å². The van der Waals surface area contributed by atoms with E-state index in [1.807, 2.05) is 25.1 Å². The number of anilines is 2. The number of alkyl halides is 3. The van der Waals surface area contributed by atoms with E-state index in [1.165, 1.54) is 6.07 Å². The van der Waals surface area contributed by atoms with Crippen LogP contribution in [-0.4, -0.2) is 60.3 Å². The highest BCUT2D eigenvalue weighted by Gasteiger charge is 2.50. The SMILES string of the molecule is CCc1cc(N2C(=S)N(c3ccc(C#N)c(C(F)(F)F)c3)C(=O)C2(C)C)ccc1OCCN1CCN[C@H](CC)C1.Cl.Cl. The van der Waals surface area contributed by atoms with E-state index in [9.17, 15) is 18.0 Å². The fourth-order valence-corrected chi connectivity index (χ4v) is 5.76. The molecule has 0 aliphatic carbocycles. The summed E-state index contributed by atoms with van der Waals surface area (Å²) in [6.45, 7) is 11.9. The zero-order valence-corrected chi connectivity index (χ0v) is 26.4. The normalized spacial score (nSPS) is 18.8. The minimum atomic E-state index is -4.75. The van der Waals surface area contributed by atoms with Crippen molar-refractivity contribution < 1.29 is 22.7 Å². The van der Waals surface area contributed by atoms with Gasteiger partial charge in [-0.15, -0.1) is 24.8 Å². The summed E-state index contributed by atoms with van der Waals surface area (Å²) in [5, 5.41) is 12.7. The van der Waals surface area contributed by atoms with E-state index >= 15 is 0 Å². The predicted molar refractivity (Wildman–Crippen MR) is 167 cm³/mol. The van der Waals surface area contributed by atoms with Crippen LogP contribution in [-0.2, 0) is 17.4 Å². The van der Waals surface area contributed by atoms with Crippen molar-refractivity contribution in [3.05, 3.63) is 53.1 Å². The molecule has 1 amide bonds. The van der Waals surface area contributed by atoms with Gasteiger partial charge in [-0.1, -0.05) is 13.8 Å². The monoisotopic (exact) mass is 645 g/mol. The number of hydrogen-bond donors (Lipinski definition) is 1. The number of benzene rings is 2. The quantitative estimate of drug-likeness (QED) is 0.355. The average molecular weight is 647 g/mol. The first-order chi connectivity index (χ1) is 18.9. The van der Waals surface area contributed by atoms with Gasteiger partial charge < -0.3 is 15.0 Å². The molecule has 4 rings (SSSR count). The van der Waals surface area contributed by atoms with Crippen LogP contribution in [0.5, 0.6) is 5.75 Å². The minimum Gasteiger partial charge on any atom is -0.492 e. The number of carbonyl (C=O) groups is 1. The number of aryl methyl sites for hydroxylation is 1. The summed E-state index contributed by atoms with van der Waals surface area (Å²) in [4.78, 5) is 18.7. The van der Waals surface area contributed by atoms with Crippen LogP contribution in [0.2, 0.25) is 0 Å². The fraction of sp³-hybridized carbons (Fsp3) is 0.483. The number of ether oxygens (including phenoxy) is 1. The summed E-state index contributed by atoms with van der Waals surface area (Å²) in [5.74, 6) is 0.288. The third-order valence-electron chi connectivity index (χ3n) is 7.54. The Hall–Kier alpha value is -2.62. The lowest BCUT2D eigenvalue weighted by Gasteiger charge is -2.33. The molecule has 42 heavy (non-hydrogen) atoms. The van der Waals surface area contributed by atoms with Gasteiger partial charge in [-0.2, -0.15) is 18.4 Å². The fourth-order valence-electron chi connectivity index (χ4n) is 5.24. The van der Waals surface area contributed by atoms with Gasteiger partial charge in [0.05, 0.1) is 22.9 Å². The van der Waals surface area contributed by atoms with Crippen molar-refractivity contribution >= 4 is 59.4 Å². The van der Waals surface area contributed by atoms with Crippen LogP contribution in [0.15, 0.2) is 36.4 Å². The lowest BCUT2D eigenvalue weighted by atomic mass is 10.0. The highest BCUT2D eigenvalue weighted by atomic mass is 35.5. The van der Waals surface area contributed by atoms with E-state index in [1.54, 1.807) is 24.8 Å². The lowest BCUT2D eigenvalue weighted by Crippen LogP contribution is -2.51. The molecule has 0 unspecified atom stereocenters. The summed E-state index contributed by atoms with van der Waals surface area (Å²) >= 11 is 5.67. The highest BCUT2D eigenvalue weighted by molar-refractivity contribution is 7.81. The number of thiocarbonyl (C=S) groups is 1. The average Bonchev–Trinajstić information content (AvgIpc) is 3.11. The van der Waals surface area contributed by atoms with Gasteiger partial charge in [0, 0.05) is 37.9 Å². The largest absolute Gasteiger partial charge is 0.492 e.